The van der Waals surface area contributed by atoms with Gasteiger partial charge in [0.15, 0.2) is 5.78 Å². The van der Waals surface area contributed by atoms with Gasteiger partial charge in [-0.2, -0.15) is 0 Å². The second-order valence-electron chi connectivity index (χ2n) is 4.78. The van der Waals surface area contributed by atoms with Crippen LogP contribution in [0.2, 0.25) is 0 Å². The van der Waals surface area contributed by atoms with Crippen molar-refractivity contribution in [3.8, 4) is 0 Å². The number of hydrogen-bond donors (Lipinski definition) is 0. The molecule has 1 aromatic rings. The van der Waals surface area contributed by atoms with Gasteiger partial charge in [0.05, 0.1) is 0 Å². The maximum atomic E-state index is 12.1. The summed E-state index contributed by atoms with van der Waals surface area (Å²) in [6.45, 7) is 0. The molecule has 1 unspecified atom stereocenters. The third-order valence-electron chi connectivity index (χ3n) is 3.28. The fourth-order valence-electron chi connectivity index (χ4n) is 2.20. The van der Waals surface area contributed by atoms with Gasteiger partial charge >= 0.3 is 0 Å². The van der Waals surface area contributed by atoms with E-state index in [1.165, 1.54) is 0 Å². The number of carbonyl (C=O) groups excluding carboxylic acids is 2. The zero-order valence-corrected chi connectivity index (χ0v) is 10.3. The smallest absolute Gasteiger partial charge is 0.166 e. The van der Waals surface area contributed by atoms with Gasteiger partial charge in [0, 0.05) is 44.1 Å². The molecule has 0 spiro atoms. The average molecular weight is 231 g/mol. The first-order chi connectivity index (χ1) is 8.08. The van der Waals surface area contributed by atoms with E-state index in [0.717, 1.165) is 11.3 Å². The monoisotopic (exact) mass is 231 g/mol. The lowest BCUT2D eigenvalue weighted by atomic mass is 9.96. The molecule has 1 fully saturated rings. The quantitative estimate of drug-likeness (QED) is 0.749. The van der Waals surface area contributed by atoms with Crippen LogP contribution in [-0.2, 0) is 4.79 Å². The maximum absolute atomic E-state index is 12.1. The Balaban J connectivity index is 2.12. The van der Waals surface area contributed by atoms with Crippen molar-refractivity contribution in [2.45, 2.75) is 19.3 Å². The van der Waals surface area contributed by atoms with Gasteiger partial charge in [-0.25, -0.2) is 0 Å². The molecule has 0 bridgehead atoms. The lowest BCUT2D eigenvalue weighted by molar-refractivity contribution is -0.117. The number of rotatable bonds is 3. The van der Waals surface area contributed by atoms with E-state index >= 15 is 0 Å². The lowest BCUT2D eigenvalue weighted by Crippen LogP contribution is -2.13. The summed E-state index contributed by atoms with van der Waals surface area (Å²) in [6.07, 6.45) is 1.70. The molecule has 3 heteroatoms. The van der Waals surface area contributed by atoms with Crippen molar-refractivity contribution >= 4 is 17.3 Å². The van der Waals surface area contributed by atoms with Crippen molar-refractivity contribution in [1.82, 2.24) is 0 Å². The van der Waals surface area contributed by atoms with Crippen molar-refractivity contribution in [3.63, 3.8) is 0 Å². The third kappa shape index (κ3) is 2.54. The van der Waals surface area contributed by atoms with E-state index in [9.17, 15) is 9.59 Å². The Morgan fingerprint density at radius 3 is 2.35 bits per heavy atom. The highest BCUT2D eigenvalue weighted by atomic mass is 16.1. The normalized spacial score (nSPS) is 19.4. The van der Waals surface area contributed by atoms with Crippen LogP contribution in [0.1, 0.15) is 29.6 Å². The van der Waals surface area contributed by atoms with Gasteiger partial charge in [0.25, 0.3) is 0 Å². The summed E-state index contributed by atoms with van der Waals surface area (Å²) >= 11 is 0. The molecule has 1 atom stereocenters. The van der Waals surface area contributed by atoms with E-state index in [0.29, 0.717) is 19.3 Å². The van der Waals surface area contributed by atoms with Crippen molar-refractivity contribution in [1.29, 1.82) is 0 Å². The molecule has 0 heterocycles. The Kier molecular flexibility index (Phi) is 3.27. The molecule has 2 rings (SSSR count). The Bertz CT molecular complexity index is 434. The van der Waals surface area contributed by atoms with Crippen molar-refractivity contribution in [3.05, 3.63) is 29.8 Å². The van der Waals surface area contributed by atoms with Crippen LogP contribution < -0.4 is 4.90 Å². The summed E-state index contributed by atoms with van der Waals surface area (Å²) in [6, 6.07) is 7.56. The second kappa shape index (κ2) is 4.70. The first-order valence-electron chi connectivity index (χ1n) is 5.91. The van der Waals surface area contributed by atoms with Gasteiger partial charge in [-0.3, -0.25) is 9.59 Å². The van der Waals surface area contributed by atoms with Crippen LogP contribution in [0.4, 0.5) is 5.69 Å². The number of anilines is 1. The number of ketones is 2. The summed E-state index contributed by atoms with van der Waals surface area (Å²) in [5, 5.41) is 0. The molecule has 3 nitrogen and oxygen atoms in total. The highest BCUT2D eigenvalue weighted by molar-refractivity contribution is 6.01. The number of benzene rings is 1. The van der Waals surface area contributed by atoms with Crippen LogP contribution in [0.15, 0.2) is 24.3 Å². The van der Waals surface area contributed by atoms with Gasteiger partial charge in [-0.05, 0) is 30.7 Å². The van der Waals surface area contributed by atoms with Crippen LogP contribution in [0.25, 0.3) is 0 Å². The van der Waals surface area contributed by atoms with Crippen LogP contribution >= 0.6 is 0 Å². The van der Waals surface area contributed by atoms with Crippen molar-refractivity contribution in [2.75, 3.05) is 19.0 Å². The minimum Gasteiger partial charge on any atom is -0.378 e. The maximum Gasteiger partial charge on any atom is 0.166 e. The van der Waals surface area contributed by atoms with Gasteiger partial charge in [-0.15, -0.1) is 0 Å². The molecule has 1 aromatic carbocycles. The van der Waals surface area contributed by atoms with Gasteiger partial charge in [0.2, 0.25) is 0 Å². The number of nitrogens with zero attached hydrogens (tertiary/aromatic N) is 1. The fraction of sp³-hybridized carbons (Fsp3) is 0.429. The molecule has 1 aliphatic rings. The molecular weight excluding hydrogens is 214 g/mol. The van der Waals surface area contributed by atoms with Crippen LogP contribution in [-0.4, -0.2) is 25.7 Å². The molecule has 0 N–H and O–H groups in total. The molecule has 1 aliphatic carbocycles. The average Bonchev–Trinajstić information content (AvgIpc) is 2.75. The summed E-state index contributed by atoms with van der Waals surface area (Å²) in [5.41, 5.74) is 1.79. The van der Waals surface area contributed by atoms with Gasteiger partial charge in [-0.1, -0.05) is 0 Å². The van der Waals surface area contributed by atoms with Crippen LogP contribution in [0.5, 0.6) is 0 Å². The number of hydrogen-bond acceptors (Lipinski definition) is 3. The van der Waals surface area contributed by atoms with E-state index in [1.54, 1.807) is 0 Å². The van der Waals surface area contributed by atoms with E-state index in [-0.39, 0.29) is 17.5 Å². The topological polar surface area (TPSA) is 37.4 Å². The predicted molar refractivity (Wildman–Crippen MR) is 67.4 cm³/mol. The van der Waals surface area contributed by atoms with E-state index in [1.807, 2.05) is 43.3 Å². The molecular formula is C14H17NO2. The molecule has 90 valence electrons. The minimum absolute atomic E-state index is 0.0901. The Labute approximate surface area is 101 Å². The molecule has 0 amide bonds. The molecule has 1 saturated carbocycles. The minimum atomic E-state index is -0.0901. The third-order valence-corrected chi connectivity index (χ3v) is 3.28. The number of carbonyl (C=O) groups is 2. The Morgan fingerprint density at radius 1 is 1.24 bits per heavy atom. The first-order valence-corrected chi connectivity index (χ1v) is 5.91. The number of Topliss-reactive ketones (excluding diaryl/α,β-unsaturated/α-hetero) is 2. The van der Waals surface area contributed by atoms with Crippen LogP contribution in [0.3, 0.4) is 0 Å². The van der Waals surface area contributed by atoms with Gasteiger partial charge < -0.3 is 4.90 Å². The Hall–Kier alpha value is -1.64. The fourth-order valence-corrected chi connectivity index (χ4v) is 2.20. The zero-order valence-electron chi connectivity index (χ0n) is 10.3. The summed E-state index contributed by atoms with van der Waals surface area (Å²) in [5.74, 6) is 0.238. The second-order valence-corrected chi connectivity index (χ2v) is 4.78. The summed E-state index contributed by atoms with van der Waals surface area (Å²) in [4.78, 5) is 25.3. The molecule has 0 aromatic heterocycles. The molecule has 0 saturated heterocycles. The standard InChI is InChI=1S/C14H17NO2/c1-15(2)12-6-3-10(4-7-12)14(17)11-5-8-13(16)9-11/h3-4,6-7,11H,5,8-9H2,1-2H3. The van der Waals surface area contributed by atoms with E-state index < -0.39 is 0 Å². The van der Waals surface area contributed by atoms with E-state index in [4.69, 9.17) is 0 Å². The highest BCUT2D eigenvalue weighted by Gasteiger charge is 2.28. The SMILES string of the molecule is CN(C)c1ccc(C(=O)C2CCC(=O)C2)cc1. The van der Waals surface area contributed by atoms with Gasteiger partial charge in [0.1, 0.15) is 5.78 Å². The lowest BCUT2D eigenvalue weighted by Gasteiger charge is -2.13. The summed E-state index contributed by atoms with van der Waals surface area (Å²) in [7, 11) is 3.93. The van der Waals surface area contributed by atoms with Crippen molar-refractivity contribution in [2.24, 2.45) is 5.92 Å². The zero-order chi connectivity index (χ0) is 12.4. The largest absolute Gasteiger partial charge is 0.378 e. The molecule has 0 radical (unpaired) electrons. The van der Waals surface area contributed by atoms with Crippen LogP contribution in [0, 0.1) is 5.92 Å². The van der Waals surface area contributed by atoms with E-state index in [2.05, 4.69) is 0 Å². The highest BCUT2D eigenvalue weighted by Crippen LogP contribution is 2.26. The molecule has 17 heavy (non-hydrogen) atoms. The Morgan fingerprint density at radius 2 is 1.88 bits per heavy atom. The molecule has 0 aliphatic heterocycles. The predicted octanol–water partition coefficient (Wildman–Crippen LogP) is 2.30. The first kappa shape index (κ1) is 11.8. The van der Waals surface area contributed by atoms with Crippen molar-refractivity contribution < 1.29 is 9.59 Å². The summed E-state index contributed by atoms with van der Waals surface area (Å²) < 4.78 is 0.